The van der Waals surface area contributed by atoms with Gasteiger partial charge in [-0.15, -0.1) is 0 Å². The number of carbonyl (C=O) groups excluding carboxylic acids is 2. The van der Waals surface area contributed by atoms with Gasteiger partial charge < -0.3 is 20.9 Å². The normalized spacial score (nSPS) is 18.6. The maximum absolute atomic E-state index is 12.0. The molecule has 2 rings (SSSR count). The predicted molar refractivity (Wildman–Crippen MR) is 77.2 cm³/mol. The van der Waals surface area contributed by atoms with Gasteiger partial charge in [-0.3, -0.25) is 9.59 Å². The van der Waals surface area contributed by atoms with E-state index in [1.165, 1.54) is 12.1 Å². The minimum Gasteiger partial charge on any atom is -0.478 e. The Labute approximate surface area is 127 Å². The average molecular weight is 306 g/mol. The molecule has 1 fully saturated rings. The zero-order valence-electron chi connectivity index (χ0n) is 12.0. The summed E-state index contributed by atoms with van der Waals surface area (Å²) in [5, 5.41) is 11.4. The molecular formula is C15H18N2O5. The molecule has 118 valence electrons. The van der Waals surface area contributed by atoms with Crippen molar-refractivity contribution in [3.8, 4) is 0 Å². The average Bonchev–Trinajstić information content (AvgIpc) is 3.01. The van der Waals surface area contributed by atoms with Crippen molar-refractivity contribution < 1.29 is 24.2 Å². The maximum atomic E-state index is 12.0. The molecule has 1 saturated heterocycles. The SMILES string of the molecule is NC(=O)[C@H](Cc1ccc(C(=O)O)cc1)NC(=O)[C@H]1CCCO1. The van der Waals surface area contributed by atoms with Gasteiger partial charge in [-0.05, 0) is 30.5 Å². The summed E-state index contributed by atoms with van der Waals surface area (Å²) < 4.78 is 5.26. The topological polar surface area (TPSA) is 119 Å². The number of hydrogen-bond acceptors (Lipinski definition) is 4. The summed E-state index contributed by atoms with van der Waals surface area (Å²) in [4.78, 5) is 34.3. The van der Waals surface area contributed by atoms with Crippen molar-refractivity contribution in [2.45, 2.75) is 31.4 Å². The molecule has 1 aromatic carbocycles. The van der Waals surface area contributed by atoms with Gasteiger partial charge in [-0.1, -0.05) is 12.1 Å². The van der Waals surface area contributed by atoms with E-state index in [1.54, 1.807) is 12.1 Å². The lowest BCUT2D eigenvalue weighted by molar-refractivity contribution is -0.133. The third-order valence-corrected chi connectivity index (χ3v) is 3.52. The fraction of sp³-hybridized carbons (Fsp3) is 0.400. The van der Waals surface area contributed by atoms with Crippen LogP contribution in [-0.4, -0.2) is 41.6 Å². The number of carboxylic acid groups (broad SMARTS) is 1. The minimum absolute atomic E-state index is 0.155. The van der Waals surface area contributed by atoms with Gasteiger partial charge in [0, 0.05) is 13.0 Å². The quantitative estimate of drug-likeness (QED) is 0.687. The fourth-order valence-corrected chi connectivity index (χ4v) is 2.29. The van der Waals surface area contributed by atoms with Crippen molar-refractivity contribution in [3.05, 3.63) is 35.4 Å². The van der Waals surface area contributed by atoms with Crippen LogP contribution in [0.2, 0.25) is 0 Å². The molecule has 0 radical (unpaired) electrons. The van der Waals surface area contributed by atoms with Crippen LogP contribution in [0, 0.1) is 0 Å². The van der Waals surface area contributed by atoms with E-state index in [9.17, 15) is 14.4 Å². The largest absolute Gasteiger partial charge is 0.478 e. The van der Waals surface area contributed by atoms with Crippen molar-refractivity contribution in [1.29, 1.82) is 0 Å². The highest BCUT2D eigenvalue weighted by Gasteiger charge is 2.27. The van der Waals surface area contributed by atoms with Crippen LogP contribution in [0.1, 0.15) is 28.8 Å². The van der Waals surface area contributed by atoms with Gasteiger partial charge in [0.15, 0.2) is 0 Å². The zero-order chi connectivity index (χ0) is 16.1. The second kappa shape index (κ2) is 7.04. The number of nitrogens with two attached hydrogens (primary N) is 1. The number of aromatic carboxylic acids is 1. The van der Waals surface area contributed by atoms with Crippen molar-refractivity contribution >= 4 is 17.8 Å². The summed E-state index contributed by atoms with van der Waals surface area (Å²) >= 11 is 0. The van der Waals surface area contributed by atoms with Crippen LogP contribution < -0.4 is 11.1 Å². The first-order valence-corrected chi connectivity index (χ1v) is 7.01. The highest BCUT2D eigenvalue weighted by atomic mass is 16.5. The molecule has 0 spiro atoms. The van der Waals surface area contributed by atoms with E-state index in [4.69, 9.17) is 15.6 Å². The number of benzene rings is 1. The number of hydrogen-bond donors (Lipinski definition) is 3. The summed E-state index contributed by atoms with van der Waals surface area (Å²) in [6, 6.07) is 5.22. The number of nitrogens with one attached hydrogen (secondary N) is 1. The predicted octanol–water partition coefficient (Wildman–Crippen LogP) is 0.0764. The van der Waals surface area contributed by atoms with Crippen LogP contribution in [0.15, 0.2) is 24.3 Å². The van der Waals surface area contributed by atoms with Crippen LogP contribution in [0.5, 0.6) is 0 Å². The summed E-state index contributed by atoms with van der Waals surface area (Å²) in [6.45, 7) is 0.538. The Hall–Kier alpha value is -2.41. The summed E-state index contributed by atoms with van der Waals surface area (Å²) in [6.07, 6.45) is 1.12. The van der Waals surface area contributed by atoms with Gasteiger partial charge in [-0.25, -0.2) is 4.79 Å². The number of primary amides is 1. The van der Waals surface area contributed by atoms with Crippen LogP contribution in [-0.2, 0) is 20.7 Å². The van der Waals surface area contributed by atoms with Crippen molar-refractivity contribution in [3.63, 3.8) is 0 Å². The molecule has 0 bridgehead atoms. The highest BCUT2D eigenvalue weighted by Crippen LogP contribution is 2.13. The second-order valence-electron chi connectivity index (χ2n) is 5.17. The molecular weight excluding hydrogens is 288 g/mol. The highest BCUT2D eigenvalue weighted by molar-refractivity contribution is 5.89. The monoisotopic (exact) mass is 306 g/mol. The number of rotatable bonds is 6. The molecule has 7 nitrogen and oxygen atoms in total. The molecule has 1 aromatic rings. The molecule has 1 heterocycles. The Balaban J connectivity index is 2.00. The van der Waals surface area contributed by atoms with Gasteiger partial charge in [0.2, 0.25) is 11.8 Å². The Morgan fingerprint density at radius 1 is 1.32 bits per heavy atom. The molecule has 4 N–H and O–H groups in total. The molecule has 1 aliphatic rings. The molecule has 22 heavy (non-hydrogen) atoms. The number of ether oxygens (including phenoxy) is 1. The lowest BCUT2D eigenvalue weighted by Crippen LogP contribution is -2.49. The van der Waals surface area contributed by atoms with Gasteiger partial charge in [0.05, 0.1) is 5.56 Å². The minimum atomic E-state index is -1.02. The molecule has 0 unspecified atom stereocenters. The molecule has 0 aromatic heterocycles. The van der Waals surface area contributed by atoms with Crippen molar-refractivity contribution in [2.24, 2.45) is 5.73 Å². The Morgan fingerprint density at radius 3 is 2.50 bits per heavy atom. The Kier molecular flexibility index (Phi) is 5.11. The molecule has 1 aliphatic heterocycles. The Morgan fingerprint density at radius 2 is 2.00 bits per heavy atom. The van der Waals surface area contributed by atoms with E-state index in [2.05, 4.69) is 5.32 Å². The van der Waals surface area contributed by atoms with Crippen LogP contribution in [0.4, 0.5) is 0 Å². The van der Waals surface area contributed by atoms with Crippen LogP contribution in [0.3, 0.4) is 0 Å². The van der Waals surface area contributed by atoms with Crippen LogP contribution >= 0.6 is 0 Å². The first kappa shape index (κ1) is 16.0. The number of amides is 2. The van der Waals surface area contributed by atoms with E-state index in [0.29, 0.717) is 18.6 Å². The van der Waals surface area contributed by atoms with Crippen molar-refractivity contribution in [2.75, 3.05) is 6.61 Å². The van der Waals surface area contributed by atoms with E-state index >= 15 is 0 Å². The second-order valence-corrected chi connectivity index (χ2v) is 5.17. The van der Waals surface area contributed by atoms with Crippen molar-refractivity contribution in [1.82, 2.24) is 5.32 Å². The maximum Gasteiger partial charge on any atom is 0.335 e. The number of carbonyl (C=O) groups is 3. The molecule has 0 aliphatic carbocycles. The van der Waals surface area contributed by atoms with E-state index in [0.717, 1.165) is 6.42 Å². The summed E-state index contributed by atoms with van der Waals surface area (Å²) in [5.41, 5.74) is 6.19. The van der Waals surface area contributed by atoms with E-state index < -0.39 is 24.0 Å². The summed E-state index contributed by atoms with van der Waals surface area (Å²) in [7, 11) is 0. The van der Waals surface area contributed by atoms with E-state index in [-0.39, 0.29) is 17.9 Å². The molecule has 2 amide bonds. The molecule has 7 heteroatoms. The standard InChI is InChI=1S/C15H18N2O5/c16-13(18)11(17-14(19)12-2-1-7-22-12)8-9-3-5-10(6-4-9)15(20)21/h3-6,11-12H,1-2,7-8H2,(H2,16,18)(H,17,19)(H,20,21)/t11-,12+/m0/s1. The fourth-order valence-electron chi connectivity index (χ4n) is 2.29. The first-order chi connectivity index (χ1) is 10.5. The van der Waals surface area contributed by atoms with E-state index in [1.807, 2.05) is 0 Å². The molecule has 2 atom stereocenters. The first-order valence-electron chi connectivity index (χ1n) is 7.01. The van der Waals surface area contributed by atoms with Gasteiger partial charge >= 0.3 is 5.97 Å². The third kappa shape index (κ3) is 4.05. The smallest absolute Gasteiger partial charge is 0.335 e. The molecule has 0 saturated carbocycles. The number of carboxylic acids is 1. The Bertz CT molecular complexity index is 564. The lowest BCUT2D eigenvalue weighted by Gasteiger charge is -2.18. The van der Waals surface area contributed by atoms with Gasteiger partial charge in [-0.2, -0.15) is 0 Å². The zero-order valence-corrected chi connectivity index (χ0v) is 12.0. The van der Waals surface area contributed by atoms with Gasteiger partial charge in [0.25, 0.3) is 0 Å². The van der Waals surface area contributed by atoms with Gasteiger partial charge in [0.1, 0.15) is 12.1 Å². The third-order valence-electron chi connectivity index (χ3n) is 3.52. The lowest BCUT2D eigenvalue weighted by atomic mass is 10.0. The summed E-state index contributed by atoms with van der Waals surface area (Å²) in [5.74, 6) is -2.01. The van der Waals surface area contributed by atoms with Crippen LogP contribution in [0.25, 0.3) is 0 Å².